The third kappa shape index (κ3) is 13.7. The van der Waals surface area contributed by atoms with Gasteiger partial charge in [0.1, 0.15) is 109 Å². The molecule has 43 nitrogen and oxygen atoms in total. The largest absolute Gasteiger partial charge is 0.398 e. The standard InChI is InChI=1S/C11H13N5O5.C10H12F3N5O5.C10H13N7O5.C10H13N7O4/c1-2-6-8(19)11(5-17,14-15-12)21-9(6)16-4-3-7(18)13-10(16)20;11-10(12,13)5-6(21)9(3-19,16-17-14)23-7(5)18-2-1-4(20)15-8(18)22;11-4-1-2-17(9(21)14-4)8-5(7(12)20)6(19)10(3-18,22-8)15-16-13;11-3-5-7(19)10(4-18,15-16-13)21-8(5)17-2-1-6(12)14-9(17)20/h1,3-4,6-9,12,17-19H,5H2;1-2,4-7,14,19-21H,3H2;1-2,5-6,8,13,18-19H,3H2,(H3-,11,12,14,20,21);1-2,5-8,13,18-19H,4,12H2/p+4/t6-,7?,8-,9+,11+;4?,5-,6-,7+,9+;5-,6+,8-,10-;5-,6?,7-,8+,10+/m0010/s1. The number of primary amides is 1. The highest BCUT2D eigenvalue weighted by atomic mass is 19.4. The number of nitrogens with two attached hydrogens (primary N) is 3. The highest BCUT2D eigenvalue weighted by Crippen LogP contribution is 2.47. The van der Waals surface area contributed by atoms with Gasteiger partial charge in [0.05, 0.1) is 18.2 Å². The second-order valence-corrected chi connectivity index (χ2v) is 18.5. The number of nitriles is 1. The summed E-state index contributed by atoms with van der Waals surface area (Å²) >= 11 is 0. The third-order valence-corrected chi connectivity index (χ3v) is 13.4. The molecule has 87 heavy (non-hydrogen) atoms. The number of aliphatic hydroxyl groups is 10. The van der Waals surface area contributed by atoms with Crippen LogP contribution in [0.15, 0.2) is 74.3 Å². The van der Waals surface area contributed by atoms with Gasteiger partial charge in [0, 0.05) is 24.8 Å². The number of nitrogens with zero attached hydrogens (tertiary/aromatic N) is 14. The normalized spacial score (nSPS) is 36.3. The molecule has 46 heteroatoms. The molecule has 4 saturated heterocycles. The lowest BCUT2D eigenvalue weighted by molar-refractivity contribution is -0.212. The van der Waals surface area contributed by atoms with Crippen molar-refractivity contribution in [3.8, 4) is 18.4 Å². The van der Waals surface area contributed by atoms with Crippen LogP contribution in [0.2, 0.25) is 0 Å². The van der Waals surface area contributed by atoms with Gasteiger partial charge in [0.2, 0.25) is 25.6 Å². The number of halogens is 3. The maximum atomic E-state index is 13.3. The molecule has 1 aromatic heterocycles. The van der Waals surface area contributed by atoms with Gasteiger partial charge < -0.3 is 103 Å². The summed E-state index contributed by atoms with van der Waals surface area (Å²) in [5.41, 5.74) is 33.6. The summed E-state index contributed by atoms with van der Waals surface area (Å²) in [4.78, 5) is 75.7. The maximum absolute atomic E-state index is 13.3. The molecule has 7 amide bonds. The molecule has 0 radical (unpaired) electrons. The molecule has 0 spiro atoms. The Labute approximate surface area is 481 Å². The van der Waals surface area contributed by atoms with E-state index in [1.807, 2.05) is 5.32 Å². The minimum Gasteiger partial charge on any atom is -0.391 e. The lowest BCUT2D eigenvalue weighted by Crippen LogP contribution is -2.54. The highest BCUT2D eigenvalue weighted by Gasteiger charge is 2.69. The Bertz CT molecular complexity index is 3110. The Morgan fingerprint density at radius 1 is 0.678 bits per heavy atom. The monoisotopic (exact) mass is 1240 g/mol. The van der Waals surface area contributed by atoms with Gasteiger partial charge in [-0.15, -0.1) is 6.42 Å². The van der Waals surface area contributed by atoms with Crippen molar-refractivity contribution in [3.05, 3.63) is 59.6 Å². The van der Waals surface area contributed by atoms with Crippen molar-refractivity contribution < 1.29 is 102 Å². The van der Waals surface area contributed by atoms with Crippen molar-refractivity contribution in [2.45, 2.75) is 97.0 Å². The van der Waals surface area contributed by atoms with Crippen LogP contribution in [0.25, 0.3) is 0 Å². The molecular weight excluding hydrogens is 1190 g/mol. The zero-order chi connectivity index (χ0) is 65.1. The molecule has 4 fully saturated rings. The molecular formula is C41H55F3N24O19+4. The fraction of sp³-hybridized carbons (Fsp3) is 0.585. The average Bonchev–Trinajstić information content (AvgIpc) is 1.80. The molecule has 1 aromatic rings. The van der Waals surface area contributed by atoms with Gasteiger partial charge >= 0.3 is 30.0 Å². The number of aliphatic hydroxyl groups excluding tert-OH is 10. The fourth-order valence-electron chi connectivity index (χ4n) is 9.06. The smallest absolute Gasteiger partial charge is 0.391 e. The van der Waals surface area contributed by atoms with E-state index in [2.05, 4.69) is 61.6 Å². The number of hydrogen-bond donors (Lipinski definition) is 20. The quantitative estimate of drug-likeness (QED) is 0.0495. The predicted molar refractivity (Wildman–Crippen MR) is 262 cm³/mol. The Morgan fingerprint density at radius 3 is 1.46 bits per heavy atom. The number of aromatic nitrogens is 2. The first-order chi connectivity index (χ1) is 41.0. The van der Waals surface area contributed by atoms with Crippen molar-refractivity contribution in [1.82, 2.24) is 59.8 Å². The molecule has 470 valence electrons. The van der Waals surface area contributed by atoms with Crippen LogP contribution >= 0.6 is 0 Å². The first-order valence-corrected chi connectivity index (χ1v) is 24.2. The second-order valence-electron chi connectivity index (χ2n) is 18.5. The Balaban J connectivity index is 0.000000212. The number of carbonyl (C=O) groups excluding carboxylic acids is 4. The van der Waals surface area contributed by atoms with Crippen molar-refractivity contribution in [1.29, 1.82) is 27.4 Å². The van der Waals surface area contributed by atoms with Crippen LogP contribution in [0.5, 0.6) is 0 Å². The molecule has 8 rings (SSSR count). The number of hydrogen-bond acceptors (Lipinski definition) is 31. The average molecular weight is 1250 g/mol. The Morgan fingerprint density at radius 2 is 1.07 bits per heavy atom. The number of terminal acetylenes is 1. The number of urea groups is 3. The van der Waals surface area contributed by atoms with Gasteiger partial charge in [-0.1, -0.05) is 5.92 Å². The molecule has 0 bridgehead atoms. The summed E-state index contributed by atoms with van der Waals surface area (Å²) in [5.74, 6) is -4.99. The first kappa shape index (κ1) is 68.4. The Kier molecular flexibility index (Phi) is 21.9. The van der Waals surface area contributed by atoms with Crippen molar-refractivity contribution in [2.24, 2.45) is 55.6 Å². The van der Waals surface area contributed by atoms with Gasteiger partial charge in [-0.25, -0.2) is 19.2 Å². The van der Waals surface area contributed by atoms with E-state index in [0.29, 0.717) is 4.90 Å². The van der Waals surface area contributed by atoms with Crippen LogP contribution in [0.3, 0.4) is 0 Å². The molecule has 23 N–H and O–H groups in total. The number of carbonyl (C=O) groups is 4. The van der Waals surface area contributed by atoms with Crippen LogP contribution in [-0.4, -0.2) is 217 Å². The van der Waals surface area contributed by atoms with E-state index < -0.39 is 177 Å². The second kappa shape index (κ2) is 27.8. The number of ether oxygens (including phenoxy) is 4. The van der Waals surface area contributed by atoms with Gasteiger partial charge in [0.15, 0.2) is 45.4 Å². The van der Waals surface area contributed by atoms with Gasteiger partial charge in [-0.05, 0) is 24.3 Å². The molecule has 0 aromatic carbocycles. The number of rotatable bonds is 13. The van der Waals surface area contributed by atoms with Gasteiger partial charge in [-0.2, -0.15) is 23.4 Å². The van der Waals surface area contributed by atoms with E-state index in [0.717, 1.165) is 26.6 Å². The minimum absolute atomic E-state index is 0.0466. The molecule has 0 saturated carbocycles. The fourth-order valence-corrected chi connectivity index (χ4v) is 9.06. The topological polar surface area (TPSA) is 691 Å². The van der Waals surface area contributed by atoms with Crippen molar-refractivity contribution >= 4 is 29.8 Å². The highest BCUT2D eigenvalue weighted by molar-refractivity contribution is 5.79. The summed E-state index contributed by atoms with van der Waals surface area (Å²) in [6.07, 6.45) is -7.46. The van der Waals surface area contributed by atoms with Crippen LogP contribution in [0.4, 0.5) is 33.4 Å². The van der Waals surface area contributed by atoms with E-state index >= 15 is 0 Å². The molecule has 0 aliphatic carbocycles. The third-order valence-electron chi connectivity index (χ3n) is 13.4. The SMILES string of the molecule is C#C[C@@H]1[C@H](N2C=CC(O)NC2=O)O[C@@](CO)(N=[N+]=N)[C@H]1O.N#C[C@@H]1[C@H](N2C=CC(N)NC2=O)O[C@@](CO)(N=[N+]=N)[C@H]1O.N=[N+]=N[C@]1(CO)O[C@@H](N2C=CC(O)NC2=O)[C@@H](C(F)(F)F)[C@@H]1O.N=[N+]=N[C@]1(CO)O[C@@H](n2ccc(N)nc2=O)[C@@H](C(N)=O)[C@@H]1O. The summed E-state index contributed by atoms with van der Waals surface area (Å²) in [6, 6.07) is 0.653. The van der Waals surface area contributed by atoms with E-state index in [4.69, 9.17) is 64.7 Å². The number of amides is 7. The number of alkyl halides is 3. The molecule has 7 aliphatic heterocycles. The van der Waals surface area contributed by atoms with E-state index in [-0.39, 0.29) is 5.82 Å². The van der Waals surface area contributed by atoms with Crippen LogP contribution in [-0.2, 0) is 23.7 Å². The van der Waals surface area contributed by atoms with E-state index in [1.165, 1.54) is 36.8 Å². The van der Waals surface area contributed by atoms with Crippen LogP contribution < -0.4 is 58.5 Å². The molecule has 19 atom stereocenters. The summed E-state index contributed by atoms with van der Waals surface area (Å²) in [6.45, 7) is -3.65. The maximum Gasteiger partial charge on any atom is 0.398 e. The first-order valence-electron chi connectivity index (χ1n) is 24.2. The summed E-state index contributed by atoms with van der Waals surface area (Å²) < 4.78 is 61.8. The lowest BCUT2D eigenvalue weighted by Gasteiger charge is -2.33. The van der Waals surface area contributed by atoms with Crippen LogP contribution in [0.1, 0.15) is 6.23 Å². The zero-order valence-electron chi connectivity index (χ0n) is 44.0. The number of anilines is 1. The summed E-state index contributed by atoms with van der Waals surface area (Å²) in [7, 11) is 0. The molecule has 3 unspecified atom stereocenters. The van der Waals surface area contributed by atoms with Gasteiger partial charge in [-0.3, -0.25) is 24.1 Å². The predicted octanol–water partition coefficient (Wildman–Crippen LogP) is -8.01. The molecule has 8 heterocycles. The van der Waals surface area contributed by atoms with Crippen molar-refractivity contribution in [2.75, 3.05) is 32.2 Å². The number of nitrogen functional groups attached to an aromatic ring is 1. The molecule has 7 aliphatic rings. The van der Waals surface area contributed by atoms with Gasteiger partial charge in [0.25, 0.3) is 22.9 Å². The zero-order valence-corrected chi connectivity index (χ0v) is 44.0. The number of nitrogens with one attached hydrogen (secondary N) is 7. The van der Waals surface area contributed by atoms with E-state index in [9.17, 15) is 93.5 Å². The summed E-state index contributed by atoms with van der Waals surface area (Å²) in [5, 5.41) is 125. The van der Waals surface area contributed by atoms with Crippen LogP contribution in [0, 0.1) is 69.5 Å². The van der Waals surface area contributed by atoms with Crippen molar-refractivity contribution in [3.63, 3.8) is 0 Å². The lowest BCUT2D eigenvalue weighted by atomic mass is 9.95. The minimum atomic E-state index is -5.01. The Hall–Kier alpha value is -9.34. The van der Waals surface area contributed by atoms with E-state index in [1.54, 1.807) is 6.07 Å².